The molecule has 0 spiro atoms. The molecule has 0 aliphatic carbocycles. The van der Waals surface area contributed by atoms with E-state index in [1.54, 1.807) is 0 Å². The summed E-state index contributed by atoms with van der Waals surface area (Å²) in [6.07, 6.45) is 2.28. The van der Waals surface area contributed by atoms with Crippen LogP contribution in [-0.4, -0.2) is 43.2 Å². The molecule has 26 heavy (non-hydrogen) atoms. The number of ketones is 1. The Hall–Kier alpha value is -0.940. The molecule has 0 radical (unpaired) electrons. The lowest BCUT2D eigenvalue weighted by Crippen LogP contribution is -2.39. The Balaban J connectivity index is -0.000000388. The van der Waals surface area contributed by atoms with E-state index in [0.29, 0.717) is 37.9 Å². The number of nitrogens with one attached hydrogen (secondary N) is 1. The number of rotatable bonds is 11. The monoisotopic (exact) mass is 375 g/mol. The fraction of sp³-hybridized carbons (Fsp3) is 0.905. The first-order chi connectivity index (χ1) is 12.1. The number of hydrogen-bond acceptors (Lipinski definition) is 4. The summed E-state index contributed by atoms with van der Waals surface area (Å²) in [5.41, 5.74) is -0.499. The fourth-order valence-corrected chi connectivity index (χ4v) is 1.73. The van der Waals surface area contributed by atoms with E-state index in [1.807, 2.05) is 48.5 Å². The van der Waals surface area contributed by atoms with Gasteiger partial charge in [-0.1, -0.05) is 55.4 Å². The van der Waals surface area contributed by atoms with E-state index in [2.05, 4.69) is 19.2 Å². The van der Waals surface area contributed by atoms with Gasteiger partial charge in [0.1, 0.15) is 5.78 Å². The van der Waals surface area contributed by atoms with Gasteiger partial charge in [0, 0.05) is 37.5 Å². The average molecular weight is 376 g/mol. The quantitative estimate of drug-likeness (QED) is 0.530. The Morgan fingerprint density at radius 1 is 1.12 bits per heavy atom. The number of ether oxygens (including phenoxy) is 1. The van der Waals surface area contributed by atoms with Gasteiger partial charge in [0.25, 0.3) is 0 Å². The van der Waals surface area contributed by atoms with E-state index in [9.17, 15) is 9.59 Å². The van der Waals surface area contributed by atoms with Crippen molar-refractivity contribution in [2.75, 3.05) is 26.4 Å². The third-order valence-corrected chi connectivity index (χ3v) is 3.70. The van der Waals surface area contributed by atoms with Crippen molar-refractivity contribution in [3.8, 4) is 0 Å². The lowest BCUT2D eigenvalue weighted by atomic mass is 9.89. The van der Waals surface area contributed by atoms with Gasteiger partial charge < -0.3 is 15.2 Å². The molecule has 0 aliphatic rings. The summed E-state index contributed by atoms with van der Waals surface area (Å²) in [7, 11) is 0. The minimum atomic E-state index is -0.499. The molecule has 0 aliphatic heterocycles. The smallest absolute Gasteiger partial charge is 0.225 e. The van der Waals surface area contributed by atoms with Crippen molar-refractivity contribution in [3.05, 3.63) is 0 Å². The van der Waals surface area contributed by atoms with Crippen LogP contribution in [0.2, 0.25) is 0 Å². The number of aliphatic hydroxyl groups excluding tert-OH is 1. The largest absolute Gasteiger partial charge is 0.396 e. The van der Waals surface area contributed by atoms with Crippen LogP contribution in [0.25, 0.3) is 0 Å². The van der Waals surface area contributed by atoms with Gasteiger partial charge >= 0.3 is 0 Å². The van der Waals surface area contributed by atoms with Gasteiger partial charge in [-0.05, 0) is 25.7 Å². The van der Waals surface area contributed by atoms with E-state index in [0.717, 1.165) is 12.8 Å². The molecule has 0 rings (SSSR count). The molecular formula is C21H45NO4. The van der Waals surface area contributed by atoms with Crippen LogP contribution < -0.4 is 5.32 Å². The minimum absolute atomic E-state index is 0.0336. The Kier molecular flexibility index (Phi) is 21.6. The summed E-state index contributed by atoms with van der Waals surface area (Å²) in [4.78, 5) is 22.6. The number of hydrogen-bond donors (Lipinski definition) is 2. The molecular weight excluding hydrogens is 330 g/mol. The van der Waals surface area contributed by atoms with Crippen LogP contribution >= 0.6 is 0 Å². The van der Waals surface area contributed by atoms with E-state index >= 15 is 0 Å². The first-order valence-corrected chi connectivity index (χ1v) is 10.1. The number of amides is 1. The highest BCUT2D eigenvalue weighted by atomic mass is 16.5. The number of carbonyl (C=O) groups is 2. The molecule has 158 valence electrons. The maximum Gasteiger partial charge on any atom is 0.225 e. The van der Waals surface area contributed by atoms with Crippen LogP contribution in [0.3, 0.4) is 0 Å². The molecule has 5 heteroatoms. The van der Waals surface area contributed by atoms with Crippen molar-refractivity contribution < 1.29 is 19.4 Å². The summed E-state index contributed by atoms with van der Waals surface area (Å²) in [5, 5.41) is 11.5. The minimum Gasteiger partial charge on any atom is -0.396 e. The van der Waals surface area contributed by atoms with Gasteiger partial charge in [0.15, 0.2) is 0 Å². The average Bonchev–Trinajstić information content (AvgIpc) is 2.58. The summed E-state index contributed by atoms with van der Waals surface area (Å²) < 4.78 is 5.09. The van der Waals surface area contributed by atoms with Crippen molar-refractivity contribution in [1.29, 1.82) is 0 Å². The summed E-state index contributed by atoms with van der Waals surface area (Å²) >= 11 is 0. The molecule has 0 fully saturated rings. The molecule has 1 amide bonds. The zero-order chi connectivity index (χ0) is 21.2. The first-order valence-electron chi connectivity index (χ1n) is 10.1. The highest BCUT2D eigenvalue weighted by Crippen LogP contribution is 2.19. The molecule has 2 N–H and O–H groups in total. The molecule has 0 aromatic rings. The SMILES string of the molecule is CC.CC(C)CCC(=O)C(C)C.CCOCCNC(=O)C(C)(C)CCO. The van der Waals surface area contributed by atoms with Crippen molar-refractivity contribution in [1.82, 2.24) is 5.32 Å². The standard InChI is InChI=1S/C10H21NO3.C9H18O.C2H6/c1-4-14-8-6-11-9(13)10(2,3)5-7-12;1-7(2)5-6-9(10)8(3)4;1-2/h12H,4-8H2,1-3H3,(H,11,13);7-8H,5-6H2,1-4H3;1-2H3. The highest BCUT2D eigenvalue weighted by molar-refractivity contribution is 5.81. The molecule has 0 bridgehead atoms. The predicted octanol–water partition coefficient (Wildman–Crippen LogP) is 4.22. The molecule has 0 aromatic heterocycles. The zero-order valence-electron chi connectivity index (χ0n) is 18.8. The number of carbonyl (C=O) groups excluding carboxylic acids is 2. The van der Waals surface area contributed by atoms with Crippen molar-refractivity contribution in [2.45, 2.75) is 81.6 Å². The first kappa shape index (κ1) is 29.8. The molecule has 0 saturated carbocycles. The van der Waals surface area contributed by atoms with Crippen LogP contribution in [0.4, 0.5) is 0 Å². The lowest BCUT2D eigenvalue weighted by molar-refractivity contribution is -0.130. The summed E-state index contributed by atoms with van der Waals surface area (Å²) in [6.45, 7) is 19.5. The van der Waals surface area contributed by atoms with Crippen molar-refractivity contribution in [3.63, 3.8) is 0 Å². The normalized spacial score (nSPS) is 10.6. The third kappa shape index (κ3) is 19.4. The highest BCUT2D eigenvalue weighted by Gasteiger charge is 2.26. The van der Waals surface area contributed by atoms with Gasteiger partial charge in [-0.2, -0.15) is 0 Å². The molecule has 0 atom stereocenters. The second-order valence-corrected chi connectivity index (χ2v) is 7.36. The Bertz CT molecular complexity index is 339. The van der Waals surface area contributed by atoms with E-state index in [1.165, 1.54) is 0 Å². The van der Waals surface area contributed by atoms with E-state index < -0.39 is 5.41 Å². The Morgan fingerprint density at radius 2 is 1.65 bits per heavy atom. The van der Waals surface area contributed by atoms with Gasteiger partial charge in [0.05, 0.1) is 6.61 Å². The summed E-state index contributed by atoms with van der Waals surface area (Å²) in [5.74, 6) is 1.24. The van der Waals surface area contributed by atoms with Gasteiger partial charge in [-0.15, -0.1) is 0 Å². The molecule has 0 aromatic carbocycles. The topological polar surface area (TPSA) is 75.6 Å². The molecule has 5 nitrogen and oxygen atoms in total. The fourth-order valence-electron chi connectivity index (χ4n) is 1.73. The second kappa shape index (κ2) is 18.8. The Morgan fingerprint density at radius 3 is 2.04 bits per heavy atom. The zero-order valence-corrected chi connectivity index (χ0v) is 18.8. The second-order valence-electron chi connectivity index (χ2n) is 7.36. The van der Waals surface area contributed by atoms with Crippen LogP contribution in [-0.2, 0) is 14.3 Å². The number of aliphatic hydroxyl groups is 1. The van der Waals surface area contributed by atoms with Crippen LogP contribution in [0.5, 0.6) is 0 Å². The van der Waals surface area contributed by atoms with Gasteiger partial charge in [-0.25, -0.2) is 0 Å². The summed E-state index contributed by atoms with van der Waals surface area (Å²) in [6, 6.07) is 0. The maximum absolute atomic E-state index is 11.5. The van der Waals surface area contributed by atoms with E-state index in [4.69, 9.17) is 9.84 Å². The van der Waals surface area contributed by atoms with Gasteiger partial charge in [-0.3, -0.25) is 9.59 Å². The van der Waals surface area contributed by atoms with Crippen molar-refractivity contribution in [2.24, 2.45) is 17.3 Å². The van der Waals surface area contributed by atoms with Gasteiger partial charge in [0.2, 0.25) is 5.91 Å². The van der Waals surface area contributed by atoms with E-state index in [-0.39, 0.29) is 18.4 Å². The Labute approximate surface area is 162 Å². The molecule has 0 saturated heterocycles. The van der Waals surface area contributed by atoms with Crippen molar-refractivity contribution >= 4 is 11.7 Å². The van der Waals surface area contributed by atoms with Crippen LogP contribution in [0.1, 0.15) is 81.6 Å². The maximum atomic E-state index is 11.5. The third-order valence-electron chi connectivity index (χ3n) is 3.70. The lowest BCUT2D eigenvalue weighted by Gasteiger charge is -2.22. The predicted molar refractivity (Wildman–Crippen MR) is 110 cm³/mol. The number of Topliss-reactive ketones (excluding diaryl/α,β-unsaturated/α-hetero) is 1. The molecule has 0 unspecified atom stereocenters. The molecule has 0 heterocycles. The van der Waals surface area contributed by atoms with Crippen LogP contribution in [0, 0.1) is 17.3 Å². The van der Waals surface area contributed by atoms with Crippen LogP contribution in [0.15, 0.2) is 0 Å².